The molecule has 1 fully saturated rings. The molecule has 8 heteroatoms. The van der Waals surface area contributed by atoms with E-state index in [-0.39, 0.29) is 11.6 Å². The number of carbonyl (C=O) groups excluding carboxylic acids is 1. The number of carboxylic acids is 1. The van der Waals surface area contributed by atoms with E-state index >= 15 is 0 Å². The highest BCUT2D eigenvalue weighted by Gasteiger charge is 2.52. The zero-order valence-corrected chi connectivity index (χ0v) is 15.1. The summed E-state index contributed by atoms with van der Waals surface area (Å²) < 4.78 is 43.7. The fourth-order valence-electron chi connectivity index (χ4n) is 2.69. The molecule has 1 atom stereocenters. The Morgan fingerprint density at radius 3 is 1.85 bits per heavy atom. The van der Waals surface area contributed by atoms with E-state index in [4.69, 9.17) is 4.74 Å². The molecule has 0 aliphatic heterocycles. The molecule has 1 amide bonds. The molecule has 0 heterocycles. The van der Waals surface area contributed by atoms with E-state index in [1.54, 1.807) is 20.8 Å². The van der Waals surface area contributed by atoms with Crippen molar-refractivity contribution in [3.05, 3.63) is 35.4 Å². The third kappa shape index (κ3) is 4.11. The molecule has 0 saturated heterocycles. The van der Waals surface area contributed by atoms with Gasteiger partial charge in [0.15, 0.2) is 5.54 Å². The highest BCUT2D eigenvalue weighted by molar-refractivity contribution is 5.86. The van der Waals surface area contributed by atoms with E-state index in [1.165, 1.54) is 6.92 Å². The van der Waals surface area contributed by atoms with Crippen molar-refractivity contribution in [2.24, 2.45) is 0 Å². The first-order chi connectivity index (χ1) is 11.8. The lowest BCUT2D eigenvalue weighted by molar-refractivity contribution is -0.151. The molecule has 0 spiro atoms. The number of halogens is 3. The van der Waals surface area contributed by atoms with Gasteiger partial charge in [-0.25, -0.2) is 9.59 Å². The van der Waals surface area contributed by atoms with Gasteiger partial charge in [0, 0.05) is 6.04 Å². The molecule has 1 N–H and O–H groups in total. The maximum atomic E-state index is 12.8. The van der Waals surface area contributed by atoms with Gasteiger partial charge in [0.05, 0.1) is 5.56 Å². The number of benzene rings is 1. The fourth-order valence-corrected chi connectivity index (χ4v) is 2.69. The van der Waals surface area contributed by atoms with Gasteiger partial charge in [-0.2, -0.15) is 13.2 Å². The number of hydrogen-bond acceptors (Lipinski definition) is 3. The van der Waals surface area contributed by atoms with Crippen LogP contribution in [-0.4, -0.2) is 33.7 Å². The van der Waals surface area contributed by atoms with Gasteiger partial charge in [0.25, 0.3) is 0 Å². The molecule has 2 rings (SSSR count). The molecule has 1 saturated carbocycles. The topological polar surface area (TPSA) is 66.8 Å². The van der Waals surface area contributed by atoms with Crippen molar-refractivity contribution in [1.29, 1.82) is 0 Å². The maximum Gasteiger partial charge on any atom is 0.416 e. The van der Waals surface area contributed by atoms with Crippen LogP contribution in [0.1, 0.15) is 51.7 Å². The molecule has 144 valence electrons. The van der Waals surface area contributed by atoms with Crippen LogP contribution in [0.25, 0.3) is 0 Å². The number of rotatable bonds is 4. The van der Waals surface area contributed by atoms with Crippen LogP contribution in [0.3, 0.4) is 0 Å². The highest BCUT2D eigenvalue weighted by Crippen LogP contribution is 2.40. The summed E-state index contributed by atoms with van der Waals surface area (Å²) in [7, 11) is 0. The molecule has 1 aromatic carbocycles. The first-order valence-corrected chi connectivity index (χ1v) is 8.20. The second-order valence-electron chi connectivity index (χ2n) is 7.53. The lowest BCUT2D eigenvalue weighted by Crippen LogP contribution is -2.55. The van der Waals surface area contributed by atoms with Crippen LogP contribution in [-0.2, 0) is 21.2 Å². The quantitative estimate of drug-likeness (QED) is 0.849. The second kappa shape index (κ2) is 6.48. The first kappa shape index (κ1) is 20.1. The molecule has 0 radical (unpaired) electrons. The van der Waals surface area contributed by atoms with Gasteiger partial charge >= 0.3 is 18.2 Å². The summed E-state index contributed by atoms with van der Waals surface area (Å²) in [6.07, 6.45) is -4.10. The van der Waals surface area contributed by atoms with Gasteiger partial charge in [-0.1, -0.05) is 12.1 Å². The van der Waals surface area contributed by atoms with Crippen molar-refractivity contribution in [3.8, 4) is 0 Å². The average Bonchev–Trinajstić information content (AvgIpc) is 3.29. The number of alkyl halides is 3. The van der Waals surface area contributed by atoms with Crippen LogP contribution in [0, 0.1) is 0 Å². The van der Waals surface area contributed by atoms with Crippen LogP contribution in [0.2, 0.25) is 0 Å². The van der Waals surface area contributed by atoms with E-state index in [0.717, 1.165) is 29.2 Å². The Bertz CT molecular complexity index is 690. The third-order valence-corrected chi connectivity index (χ3v) is 4.17. The van der Waals surface area contributed by atoms with Gasteiger partial charge in [-0.3, -0.25) is 4.90 Å². The highest BCUT2D eigenvalue weighted by atomic mass is 19.4. The fraction of sp³-hybridized carbons (Fsp3) is 0.556. The number of hydrogen-bond donors (Lipinski definition) is 1. The van der Waals surface area contributed by atoms with Gasteiger partial charge in [0.1, 0.15) is 5.60 Å². The van der Waals surface area contributed by atoms with E-state index < -0.39 is 34.9 Å². The minimum absolute atomic E-state index is 0.0794. The minimum atomic E-state index is -4.53. The van der Waals surface area contributed by atoms with Crippen LogP contribution in [0.15, 0.2) is 24.3 Å². The summed E-state index contributed by atoms with van der Waals surface area (Å²) in [5, 5.41) is 9.84. The van der Waals surface area contributed by atoms with Crippen molar-refractivity contribution in [2.75, 3.05) is 0 Å². The number of carboxylic acid groups (broad SMARTS) is 1. The predicted octanol–water partition coefficient (Wildman–Crippen LogP) is 4.40. The number of ether oxygens (including phenoxy) is 1. The van der Waals surface area contributed by atoms with Crippen molar-refractivity contribution < 1.29 is 32.6 Å². The van der Waals surface area contributed by atoms with Crippen molar-refractivity contribution >= 4 is 12.1 Å². The van der Waals surface area contributed by atoms with E-state index in [1.807, 2.05) is 0 Å². The Morgan fingerprint density at radius 2 is 1.50 bits per heavy atom. The Balaban J connectivity index is 2.46. The smallest absolute Gasteiger partial charge is 0.416 e. The molecule has 1 aromatic rings. The molecule has 1 unspecified atom stereocenters. The molecule has 26 heavy (non-hydrogen) atoms. The summed E-state index contributed by atoms with van der Waals surface area (Å²) in [6, 6.07) is 3.49. The zero-order chi connectivity index (χ0) is 19.9. The van der Waals surface area contributed by atoms with Gasteiger partial charge < -0.3 is 9.84 Å². The Kier molecular flexibility index (Phi) is 5.00. The zero-order valence-electron chi connectivity index (χ0n) is 15.1. The summed E-state index contributed by atoms with van der Waals surface area (Å²) in [4.78, 5) is 25.9. The normalized spacial score (nSPS) is 17.3. The summed E-state index contributed by atoms with van der Waals surface area (Å²) in [5.41, 5.74) is -3.47. The van der Waals surface area contributed by atoms with Crippen LogP contribution >= 0.6 is 0 Å². The van der Waals surface area contributed by atoms with Gasteiger partial charge in [0.2, 0.25) is 0 Å². The predicted molar refractivity (Wildman–Crippen MR) is 87.5 cm³/mol. The molecule has 5 nitrogen and oxygen atoms in total. The second-order valence-corrected chi connectivity index (χ2v) is 7.53. The molecule has 1 aliphatic carbocycles. The summed E-state index contributed by atoms with van der Waals surface area (Å²) in [5.74, 6) is -1.34. The minimum Gasteiger partial charge on any atom is -0.479 e. The van der Waals surface area contributed by atoms with Crippen molar-refractivity contribution in [3.63, 3.8) is 0 Å². The lowest BCUT2D eigenvalue weighted by atomic mass is 9.89. The van der Waals surface area contributed by atoms with E-state index in [0.29, 0.717) is 12.8 Å². The van der Waals surface area contributed by atoms with Crippen LogP contribution in [0.4, 0.5) is 18.0 Å². The number of aliphatic carboxylic acids is 1. The molecular formula is C18H22F3NO4. The van der Waals surface area contributed by atoms with Gasteiger partial charge in [-0.05, 0) is 58.2 Å². The number of carbonyl (C=O) groups is 2. The first-order valence-electron chi connectivity index (χ1n) is 8.20. The van der Waals surface area contributed by atoms with Crippen molar-refractivity contribution in [2.45, 2.75) is 63.9 Å². The van der Waals surface area contributed by atoms with Crippen molar-refractivity contribution in [1.82, 2.24) is 4.90 Å². The maximum absolute atomic E-state index is 12.8. The molecule has 1 aliphatic rings. The van der Waals surface area contributed by atoms with Crippen LogP contribution in [0.5, 0.6) is 0 Å². The Labute approximate surface area is 149 Å². The summed E-state index contributed by atoms with van der Waals surface area (Å²) in [6.45, 7) is 6.28. The Hall–Kier alpha value is -2.25. The lowest BCUT2D eigenvalue weighted by Gasteiger charge is -2.39. The third-order valence-electron chi connectivity index (χ3n) is 4.17. The van der Waals surface area contributed by atoms with E-state index in [2.05, 4.69) is 0 Å². The molecule has 0 bridgehead atoms. The Morgan fingerprint density at radius 1 is 1.04 bits per heavy atom. The number of nitrogens with zero attached hydrogens (tertiary/aromatic N) is 1. The average molecular weight is 373 g/mol. The largest absolute Gasteiger partial charge is 0.479 e. The standard InChI is InChI=1S/C18H22F3NO4/c1-16(2,3)26-15(25)22(13-9-10-13)17(4,14(23)24)11-5-7-12(8-6-11)18(19,20)21/h5-8,13H,9-10H2,1-4H3,(H,23,24). The monoisotopic (exact) mass is 373 g/mol. The molecular weight excluding hydrogens is 351 g/mol. The van der Waals surface area contributed by atoms with E-state index in [9.17, 15) is 27.9 Å². The SMILES string of the molecule is CC(C)(C)OC(=O)N(C1CC1)C(C)(C(=O)O)c1ccc(C(F)(F)F)cc1. The van der Waals surface area contributed by atoms with Crippen LogP contribution < -0.4 is 0 Å². The van der Waals surface area contributed by atoms with Gasteiger partial charge in [-0.15, -0.1) is 0 Å². The molecule has 0 aromatic heterocycles. The summed E-state index contributed by atoms with van der Waals surface area (Å²) >= 11 is 0. The number of amides is 1.